The van der Waals surface area contributed by atoms with Crippen LogP contribution in [0.2, 0.25) is 0 Å². The molecule has 2 aromatic rings. The Morgan fingerprint density at radius 2 is 2.04 bits per heavy atom. The van der Waals surface area contributed by atoms with E-state index in [0.29, 0.717) is 40.9 Å². The van der Waals surface area contributed by atoms with E-state index < -0.39 is 0 Å². The normalized spacial score (nSPS) is 17.0. The van der Waals surface area contributed by atoms with Crippen molar-refractivity contribution in [2.24, 2.45) is 0 Å². The van der Waals surface area contributed by atoms with Crippen molar-refractivity contribution in [3.8, 4) is 5.75 Å². The highest BCUT2D eigenvalue weighted by molar-refractivity contribution is 6.11. The minimum Gasteiger partial charge on any atom is -0.493 e. The van der Waals surface area contributed by atoms with Crippen LogP contribution < -0.4 is 21.5 Å². The molecule has 1 heterocycles. The summed E-state index contributed by atoms with van der Waals surface area (Å²) >= 11 is 0. The molecule has 0 aromatic heterocycles. The summed E-state index contributed by atoms with van der Waals surface area (Å²) in [5.74, 6) is 0.454. The Labute approximate surface area is 153 Å². The van der Waals surface area contributed by atoms with Gasteiger partial charge >= 0.3 is 0 Å². The summed E-state index contributed by atoms with van der Waals surface area (Å²) < 4.78 is 11.3. The summed E-state index contributed by atoms with van der Waals surface area (Å²) in [7, 11) is 0. The molecule has 0 radical (unpaired) electrons. The molecule has 1 fully saturated rings. The van der Waals surface area contributed by atoms with Gasteiger partial charge in [0.15, 0.2) is 5.78 Å². The molecule has 0 saturated carbocycles. The number of carbonyl (C=O) groups is 1. The number of nitrogens with one attached hydrogen (secondary N) is 1. The van der Waals surface area contributed by atoms with Crippen molar-refractivity contribution in [1.29, 1.82) is 0 Å². The van der Waals surface area contributed by atoms with Gasteiger partial charge in [-0.1, -0.05) is 12.1 Å². The SMILES string of the molecule is Nc1ccc(C(=O)c2ccccc2OCCCC2COCCN2)cc1N. The number of nitrogen functional groups attached to an aromatic ring is 2. The van der Waals surface area contributed by atoms with Crippen LogP contribution in [-0.2, 0) is 4.74 Å². The van der Waals surface area contributed by atoms with Crippen molar-refractivity contribution in [1.82, 2.24) is 5.32 Å². The molecule has 6 nitrogen and oxygen atoms in total. The second-order valence-electron chi connectivity index (χ2n) is 6.39. The molecule has 138 valence electrons. The predicted octanol–water partition coefficient (Wildman–Crippen LogP) is 2.23. The average Bonchev–Trinajstić information content (AvgIpc) is 2.68. The minimum atomic E-state index is -0.130. The number of ketones is 1. The van der Waals surface area contributed by atoms with Gasteiger partial charge in [0.05, 0.1) is 36.8 Å². The second kappa shape index (κ2) is 8.69. The monoisotopic (exact) mass is 355 g/mol. The number of para-hydroxylation sites is 1. The zero-order valence-electron chi connectivity index (χ0n) is 14.7. The molecule has 1 unspecified atom stereocenters. The van der Waals surface area contributed by atoms with Gasteiger partial charge in [0.25, 0.3) is 0 Å². The standard InChI is InChI=1S/C20H25N3O3/c21-17-8-7-14(12-18(17)22)20(24)16-5-1-2-6-19(16)26-10-3-4-15-13-25-11-9-23-15/h1-2,5-8,12,15,23H,3-4,9-11,13,21-22H2. The van der Waals surface area contributed by atoms with Crippen LogP contribution in [-0.4, -0.2) is 38.2 Å². The number of nitrogens with two attached hydrogens (primary N) is 2. The number of carbonyl (C=O) groups excluding carboxylic acids is 1. The third kappa shape index (κ3) is 4.53. The molecule has 2 aromatic carbocycles. The molecular formula is C20H25N3O3. The van der Waals surface area contributed by atoms with Crippen molar-refractivity contribution in [2.45, 2.75) is 18.9 Å². The van der Waals surface area contributed by atoms with Crippen LogP contribution in [0.3, 0.4) is 0 Å². The van der Waals surface area contributed by atoms with E-state index in [-0.39, 0.29) is 5.78 Å². The summed E-state index contributed by atoms with van der Waals surface area (Å²) in [5.41, 5.74) is 13.4. The van der Waals surface area contributed by atoms with Crippen molar-refractivity contribution >= 4 is 17.2 Å². The maximum Gasteiger partial charge on any atom is 0.196 e. The van der Waals surface area contributed by atoms with Gasteiger partial charge in [-0.15, -0.1) is 0 Å². The van der Waals surface area contributed by atoms with Gasteiger partial charge < -0.3 is 26.3 Å². The zero-order valence-corrected chi connectivity index (χ0v) is 14.7. The van der Waals surface area contributed by atoms with Crippen LogP contribution >= 0.6 is 0 Å². The number of ether oxygens (including phenoxy) is 2. The largest absolute Gasteiger partial charge is 0.493 e. The van der Waals surface area contributed by atoms with Crippen molar-refractivity contribution < 1.29 is 14.3 Å². The number of hydrogen-bond acceptors (Lipinski definition) is 6. The van der Waals surface area contributed by atoms with Gasteiger partial charge in [-0.05, 0) is 43.2 Å². The van der Waals surface area contributed by atoms with Crippen LogP contribution in [0, 0.1) is 0 Å². The van der Waals surface area contributed by atoms with Crippen LogP contribution in [0.1, 0.15) is 28.8 Å². The van der Waals surface area contributed by atoms with E-state index in [2.05, 4.69) is 5.32 Å². The first-order valence-electron chi connectivity index (χ1n) is 8.88. The molecule has 1 atom stereocenters. The van der Waals surface area contributed by atoms with E-state index in [1.54, 1.807) is 24.3 Å². The highest BCUT2D eigenvalue weighted by atomic mass is 16.5. The van der Waals surface area contributed by atoms with Crippen LogP contribution in [0.25, 0.3) is 0 Å². The molecule has 26 heavy (non-hydrogen) atoms. The number of anilines is 2. The summed E-state index contributed by atoms with van der Waals surface area (Å²) in [4.78, 5) is 12.8. The Morgan fingerprint density at radius 1 is 1.19 bits per heavy atom. The smallest absolute Gasteiger partial charge is 0.196 e. The highest BCUT2D eigenvalue weighted by Gasteiger charge is 2.16. The third-order valence-corrected chi connectivity index (χ3v) is 4.43. The molecular weight excluding hydrogens is 330 g/mol. The average molecular weight is 355 g/mol. The van der Waals surface area contributed by atoms with Gasteiger partial charge in [-0.25, -0.2) is 0 Å². The fraction of sp³-hybridized carbons (Fsp3) is 0.350. The molecule has 0 amide bonds. The molecule has 0 aliphatic carbocycles. The van der Waals surface area contributed by atoms with Crippen molar-refractivity contribution in [3.63, 3.8) is 0 Å². The molecule has 1 aliphatic rings. The quantitative estimate of drug-likeness (QED) is 0.400. The maximum absolute atomic E-state index is 12.8. The molecule has 3 rings (SSSR count). The highest BCUT2D eigenvalue weighted by Crippen LogP contribution is 2.24. The van der Waals surface area contributed by atoms with E-state index in [0.717, 1.165) is 32.6 Å². The van der Waals surface area contributed by atoms with Crippen LogP contribution in [0.15, 0.2) is 42.5 Å². The maximum atomic E-state index is 12.8. The predicted molar refractivity (Wildman–Crippen MR) is 102 cm³/mol. The van der Waals surface area contributed by atoms with E-state index in [9.17, 15) is 4.79 Å². The van der Waals surface area contributed by atoms with Gasteiger partial charge in [0, 0.05) is 18.2 Å². The summed E-state index contributed by atoms with van der Waals surface area (Å²) in [5, 5.41) is 3.42. The Bertz CT molecular complexity index is 758. The second-order valence-corrected chi connectivity index (χ2v) is 6.39. The zero-order chi connectivity index (χ0) is 18.4. The minimum absolute atomic E-state index is 0.130. The molecule has 0 bridgehead atoms. The molecule has 1 aliphatic heterocycles. The summed E-state index contributed by atoms with van der Waals surface area (Å²) in [6.45, 7) is 2.96. The Morgan fingerprint density at radius 3 is 2.81 bits per heavy atom. The first kappa shape index (κ1) is 18.2. The van der Waals surface area contributed by atoms with Crippen molar-refractivity contribution in [3.05, 3.63) is 53.6 Å². The molecule has 0 spiro atoms. The number of benzene rings is 2. The lowest BCUT2D eigenvalue weighted by Crippen LogP contribution is -2.41. The lowest BCUT2D eigenvalue weighted by molar-refractivity contribution is 0.0721. The Hall–Kier alpha value is -2.57. The van der Waals surface area contributed by atoms with E-state index in [4.69, 9.17) is 20.9 Å². The lowest BCUT2D eigenvalue weighted by atomic mass is 10.0. The van der Waals surface area contributed by atoms with E-state index >= 15 is 0 Å². The topological polar surface area (TPSA) is 99.6 Å². The van der Waals surface area contributed by atoms with Gasteiger partial charge in [0.1, 0.15) is 5.75 Å². The molecule has 6 heteroatoms. The number of rotatable bonds is 7. The fourth-order valence-electron chi connectivity index (χ4n) is 2.97. The van der Waals surface area contributed by atoms with Gasteiger partial charge in [0.2, 0.25) is 0 Å². The third-order valence-electron chi connectivity index (χ3n) is 4.43. The fourth-order valence-corrected chi connectivity index (χ4v) is 2.97. The first-order valence-corrected chi connectivity index (χ1v) is 8.88. The Kier molecular flexibility index (Phi) is 6.09. The first-order chi connectivity index (χ1) is 12.6. The lowest BCUT2D eigenvalue weighted by Gasteiger charge is -2.23. The Balaban J connectivity index is 1.61. The summed E-state index contributed by atoms with van der Waals surface area (Å²) in [6, 6.07) is 12.6. The van der Waals surface area contributed by atoms with Crippen LogP contribution in [0.5, 0.6) is 5.75 Å². The molecule has 1 saturated heterocycles. The van der Waals surface area contributed by atoms with Gasteiger partial charge in [-0.3, -0.25) is 4.79 Å². The molecule has 5 N–H and O–H groups in total. The van der Waals surface area contributed by atoms with E-state index in [1.807, 2.05) is 18.2 Å². The number of morpholine rings is 1. The van der Waals surface area contributed by atoms with Gasteiger partial charge in [-0.2, -0.15) is 0 Å². The van der Waals surface area contributed by atoms with Crippen LogP contribution in [0.4, 0.5) is 11.4 Å². The van der Waals surface area contributed by atoms with E-state index in [1.165, 1.54) is 0 Å². The number of hydrogen-bond donors (Lipinski definition) is 3. The summed E-state index contributed by atoms with van der Waals surface area (Å²) in [6.07, 6.45) is 1.86. The van der Waals surface area contributed by atoms with Crippen molar-refractivity contribution in [2.75, 3.05) is 37.8 Å².